The first-order chi connectivity index (χ1) is 9.11. The van der Waals surface area contributed by atoms with Crippen LogP contribution in [-0.4, -0.2) is 18.5 Å². The summed E-state index contributed by atoms with van der Waals surface area (Å²) in [4.78, 5) is 22.5. The van der Waals surface area contributed by atoms with E-state index in [-0.39, 0.29) is 31.4 Å². The predicted molar refractivity (Wildman–Crippen MR) is 71.5 cm³/mol. The van der Waals surface area contributed by atoms with E-state index in [2.05, 4.69) is 0 Å². The second-order valence-electron chi connectivity index (χ2n) is 4.31. The minimum absolute atomic E-state index is 0.241. The van der Waals surface area contributed by atoms with Gasteiger partial charge in [-0.05, 0) is 25.8 Å². The predicted octanol–water partition coefficient (Wildman–Crippen LogP) is 2.77. The van der Waals surface area contributed by atoms with Gasteiger partial charge in [0.25, 0.3) is 0 Å². The number of carbonyl (C=O) groups is 2. The molecule has 0 radical (unpaired) electrons. The number of ether oxygens (including phenoxy) is 2. The van der Waals surface area contributed by atoms with E-state index >= 15 is 0 Å². The van der Waals surface area contributed by atoms with Crippen LogP contribution in [-0.2, 0) is 25.7 Å². The van der Waals surface area contributed by atoms with Gasteiger partial charge in [0, 0.05) is 12.8 Å². The number of carbonyl (C=O) groups excluding carboxylic acids is 2. The molecular weight excluding hydrogens is 244 g/mol. The molecule has 0 aliphatic rings. The lowest BCUT2D eigenvalue weighted by atomic mass is 10.1. The van der Waals surface area contributed by atoms with E-state index in [1.807, 2.05) is 31.2 Å². The van der Waals surface area contributed by atoms with Gasteiger partial charge in [-0.25, -0.2) is 0 Å². The SMILES string of the molecule is CCOC(=O)CCCC(=O)OCc1cccc(C)c1. The fourth-order valence-electron chi connectivity index (χ4n) is 1.65. The molecule has 4 heteroatoms. The van der Waals surface area contributed by atoms with Gasteiger partial charge in [-0.3, -0.25) is 9.59 Å². The Hall–Kier alpha value is -1.84. The van der Waals surface area contributed by atoms with Gasteiger partial charge < -0.3 is 9.47 Å². The van der Waals surface area contributed by atoms with Crippen LogP contribution in [0.25, 0.3) is 0 Å². The summed E-state index contributed by atoms with van der Waals surface area (Å²) in [5.74, 6) is -0.556. The summed E-state index contributed by atoms with van der Waals surface area (Å²) in [7, 11) is 0. The molecule has 104 valence electrons. The van der Waals surface area contributed by atoms with Crippen LogP contribution in [0.4, 0.5) is 0 Å². The molecule has 0 aromatic heterocycles. The Balaban J connectivity index is 2.19. The van der Waals surface area contributed by atoms with Gasteiger partial charge in [-0.15, -0.1) is 0 Å². The largest absolute Gasteiger partial charge is 0.466 e. The van der Waals surface area contributed by atoms with Crippen molar-refractivity contribution < 1.29 is 19.1 Å². The number of benzene rings is 1. The van der Waals surface area contributed by atoms with Crippen LogP contribution in [0, 0.1) is 6.92 Å². The first-order valence-electron chi connectivity index (χ1n) is 6.48. The monoisotopic (exact) mass is 264 g/mol. The quantitative estimate of drug-likeness (QED) is 0.711. The first-order valence-corrected chi connectivity index (χ1v) is 6.48. The van der Waals surface area contributed by atoms with E-state index in [1.54, 1.807) is 6.92 Å². The van der Waals surface area contributed by atoms with Crippen LogP contribution in [0.1, 0.15) is 37.3 Å². The van der Waals surface area contributed by atoms with Gasteiger partial charge >= 0.3 is 11.9 Å². The maximum atomic E-state index is 11.5. The highest BCUT2D eigenvalue weighted by atomic mass is 16.5. The molecule has 1 aromatic carbocycles. The third kappa shape index (κ3) is 6.60. The number of hydrogen-bond donors (Lipinski definition) is 0. The number of hydrogen-bond acceptors (Lipinski definition) is 4. The van der Waals surface area contributed by atoms with Crippen LogP contribution in [0.2, 0.25) is 0 Å². The van der Waals surface area contributed by atoms with Crippen molar-refractivity contribution in [3.8, 4) is 0 Å². The van der Waals surface area contributed by atoms with Crippen molar-refractivity contribution in [2.75, 3.05) is 6.61 Å². The van der Waals surface area contributed by atoms with Gasteiger partial charge in [0.1, 0.15) is 6.61 Å². The third-order valence-electron chi connectivity index (χ3n) is 2.55. The molecule has 0 atom stereocenters. The summed E-state index contributed by atoms with van der Waals surface area (Å²) in [6, 6.07) is 7.81. The van der Waals surface area contributed by atoms with Crippen molar-refractivity contribution in [3.63, 3.8) is 0 Å². The molecule has 1 aromatic rings. The molecule has 0 amide bonds. The molecule has 0 spiro atoms. The van der Waals surface area contributed by atoms with Crippen LogP contribution < -0.4 is 0 Å². The van der Waals surface area contributed by atoms with Crippen molar-refractivity contribution in [1.82, 2.24) is 0 Å². The van der Waals surface area contributed by atoms with E-state index in [1.165, 1.54) is 0 Å². The summed E-state index contributed by atoms with van der Waals surface area (Å²) in [6.07, 6.45) is 0.962. The summed E-state index contributed by atoms with van der Waals surface area (Å²) >= 11 is 0. The molecule has 0 bridgehead atoms. The molecule has 0 saturated heterocycles. The second-order valence-corrected chi connectivity index (χ2v) is 4.31. The zero-order chi connectivity index (χ0) is 14.1. The van der Waals surface area contributed by atoms with E-state index in [9.17, 15) is 9.59 Å². The van der Waals surface area contributed by atoms with Gasteiger partial charge in [0.05, 0.1) is 6.61 Å². The van der Waals surface area contributed by atoms with Crippen molar-refractivity contribution in [2.24, 2.45) is 0 Å². The van der Waals surface area contributed by atoms with E-state index in [0.29, 0.717) is 13.0 Å². The first kappa shape index (κ1) is 15.2. The normalized spacial score (nSPS) is 10.0. The zero-order valence-corrected chi connectivity index (χ0v) is 11.5. The average molecular weight is 264 g/mol. The minimum atomic E-state index is -0.286. The van der Waals surface area contributed by atoms with Crippen LogP contribution in [0.3, 0.4) is 0 Å². The van der Waals surface area contributed by atoms with Crippen LogP contribution >= 0.6 is 0 Å². The minimum Gasteiger partial charge on any atom is -0.466 e. The Labute approximate surface area is 113 Å². The Kier molecular flexibility index (Phi) is 6.64. The van der Waals surface area contributed by atoms with Crippen LogP contribution in [0.15, 0.2) is 24.3 Å². The van der Waals surface area contributed by atoms with Gasteiger partial charge in [-0.2, -0.15) is 0 Å². The lowest BCUT2D eigenvalue weighted by Crippen LogP contribution is -2.08. The molecular formula is C15H20O4. The third-order valence-corrected chi connectivity index (χ3v) is 2.55. The molecule has 1 rings (SSSR count). The maximum Gasteiger partial charge on any atom is 0.306 e. The number of rotatable bonds is 7. The highest BCUT2D eigenvalue weighted by Crippen LogP contribution is 2.07. The maximum absolute atomic E-state index is 11.5. The zero-order valence-electron chi connectivity index (χ0n) is 11.5. The Bertz CT molecular complexity index is 426. The summed E-state index contributed by atoms with van der Waals surface area (Å²) in [5, 5.41) is 0. The van der Waals surface area contributed by atoms with Crippen LogP contribution in [0.5, 0.6) is 0 Å². The second kappa shape index (κ2) is 8.29. The Morgan fingerprint density at radius 1 is 1.11 bits per heavy atom. The highest BCUT2D eigenvalue weighted by molar-refractivity contribution is 5.72. The molecule has 0 aliphatic heterocycles. The molecule has 0 fully saturated rings. The Morgan fingerprint density at radius 2 is 1.79 bits per heavy atom. The standard InChI is InChI=1S/C15H20O4/c1-3-18-14(16)8-5-9-15(17)19-11-13-7-4-6-12(2)10-13/h4,6-7,10H,3,5,8-9,11H2,1-2H3. The number of aryl methyl sites for hydroxylation is 1. The summed E-state index contributed by atoms with van der Waals surface area (Å²) < 4.78 is 9.91. The van der Waals surface area contributed by atoms with Crippen molar-refractivity contribution in [3.05, 3.63) is 35.4 Å². The topological polar surface area (TPSA) is 52.6 Å². The molecule has 0 saturated carbocycles. The highest BCUT2D eigenvalue weighted by Gasteiger charge is 2.07. The van der Waals surface area contributed by atoms with Gasteiger partial charge in [0.2, 0.25) is 0 Å². The van der Waals surface area contributed by atoms with Crippen molar-refractivity contribution in [2.45, 2.75) is 39.7 Å². The molecule has 19 heavy (non-hydrogen) atoms. The molecule has 0 unspecified atom stereocenters. The smallest absolute Gasteiger partial charge is 0.306 e. The van der Waals surface area contributed by atoms with Gasteiger partial charge in [0.15, 0.2) is 0 Å². The van der Waals surface area contributed by atoms with Gasteiger partial charge in [-0.1, -0.05) is 29.8 Å². The van der Waals surface area contributed by atoms with E-state index in [4.69, 9.17) is 9.47 Å². The van der Waals surface area contributed by atoms with E-state index < -0.39 is 0 Å². The number of esters is 2. The van der Waals surface area contributed by atoms with E-state index in [0.717, 1.165) is 11.1 Å². The average Bonchev–Trinajstić information content (AvgIpc) is 2.37. The lowest BCUT2D eigenvalue weighted by Gasteiger charge is -2.05. The van der Waals surface area contributed by atoms with Crippen molar-refractivity contribution in [1.29, 1.82) is 0 Å². The lowest BCUT2D eigenvalue weighted by molar-refractivity contribution is -0.146. The Morgan fingerprint density at radius 3 is 2.42 bits per heavy atom. The fourth-order valence-corrected chi connectivity index (χ4v) is 1.65. The fraction of sp³-hybridized carbons (Fsp3) is 0.467. The molecule has 0 N–H and O–H groups in total. The van der Waals surface area contributed by atoms with Crippen molar-refractivity contribution >= 4 is 11.9 Å². The summed E-state index contributed by atoms with van der Waals surface area (Å²) in [5.41, 5.74) is 2.11. The molecule has 4 nitrogen and oxygen atoms in total. The molecule has 0 heterocycles. The molecule has 0 aliphatic carbocycles. The summed E-state index contributed by atoms with van der Waals surface area (Å²) in [6.45, 7) is 4.40.